The zero-order chi connectivity index (χ0) is 15.9. The lowest BCUT2D eigenvalue weighted by atomic mass is 9.98. The highest BCUT2D eigenvalue weighted by atomic mass is 15.2. The average molecular weight is 318 g/mol. The Morgan fingerprint density at radius 2 is 1.38 bits per heavy atom. The van der Waals surface area contributed by atoms with Gasteiger partial charge in [0.05, 0.1) is 6.04 Å². The van der Waals surface area contributed by atoms with Crippen molar-refractivity contribution in [1.82, 2.24) is 10.2 Å². The Bertz CT molecular complexity index is 681. The average Bonchev–Trinajstić information content (AvgIpc) is 3.41. The lowest BCUT2D eigenvalue weighted by Crippen LogP contribution is -2.44. The van der Waals surface area contributed by atoms with Crippen molar-refractivity contribution in [2.45, 2.75) is 37.8 Å². The van der Waals surface area contributed by atoms with Gasteiger partial charge in [0.15, 0.2) is 0 Å². The topological polar surface area (TPSA) is 15.3 Å². The van der Waals surface area contributed by atoms with Gasteiger partial charge in [-0.25, -0.2) is 0 Å². The lowest BCUT2D eigenvalue weighted by molar-refractivity contribution is 0.165. The van der Waals surface area contributed by atoms with Crippen LogP contribution in [0.2, 0.25) is 0 Å². The van der Waals surface area contributed by atoms with Crippen molar-refractivity contribution < 1.29 is 0 Å². The Hall–Kier alpha value is -1.64. The van der Waals surface area contributed by atoms with Crippen molar-refractivity contribution in [3.63, 3.8) is 0 Å². The normalized spacial score (nSPS) is 21.7. The molecule has 0 amide bonds. The summed E-state index contributed by atoms with van der Waals surface area (Å²) >= 11 is 0. The van der Waals surface area contributed by atoms with Crippen LogP contribution in [-0.4, -0.2) is 30.6 Å². The van der Waals surface area contributed by atoms with E-state index in [1.807, 2.05) is 0 Å². The van der Waals surface area contributed by atoms with E-state index in [0.29, 0.717) is 6.04 Å². The molecular formula is C22H26N2. The molecule has 0 atom stereocenters. The van der Waals surface area contributed by atoms with E-state index >= 15 is 0 Å². The largest absolute Gasteiger partial charge is 0.314 e. The van der Waals surface area contributed by atoms with Crippen LogP contribution in [-0.2, 0) is 0 Å². The summed E-state index contributed by atoms with van der Waals surface area (Å²) in [6.45, 7) is 3.66. The number of rotatable bonds is 4. The Labute approximate surface area is 144 Å². The summed E-state index contributed by atoms with van der Waals surface area (Å²) in [5.74, 6) is 0.983. The second kappa shape index (κ2) is 6.02. The molecule has 0 unspecified atom stereocenters. The first-order valence-electron chi connectivity index (χ1n) is 9.56. The molecule has 2 aliphatic carbocycles. The highest BCUT2D eigenvalue weighted by Gasteiger charge is 2.34. The van der Waals surface area contributed by atoms with Crippen LogP contribution in [0.25, 0.3) is 11.1 Å². The minimum Gasteiger partial charge on any atom is -0.314 e. The van der Waals surface area contributed by atoms with Crippen LogP contribution in [0.4, 0.5) is 0 Å². The summed E-state index contributed by atoms with van der Waals surface area (Å²) in [7, 11) is 0. The first-order valence-corrected chi connectivity index (χ1v) is 9.56. The molecular weight excluding hydrogens is 292 g/mol. The van der Waals surface area contributed by atoms with Gasteiger partial charge in [-0.3, -0.25) is 4.90 Å². The van der Waals surface area contributed by atoms with E-state index in [4.69, 9.17) is 0 Å². The maximum absolute atomic E-state index is 3.81. The van der Waals surface area contributed by atoms with Crippen molar-refractivity contribution in [1.29, 1.82) is 0 Å². The number of benzene rings is 2. The van der Waals surface area contributed by atoms with Crippen molar-refractivity contribution in [3.8, 4) is 11.1 Å². The number of nitrogens with zero attached hydrogens (tertiary/aromatic N) is 1. The third-order valence-electron chi connectivity index (χ3n) is 6.09. The zero-order valence-electron chi connectivity index (χ0n) is 14.2. The summed E-state index contributed by atoms with van der Waals surface area (Å²) in [5.41, 5.74) is 5.88. The van der Waals surface area contributed by atoms with Crippen molar-refractivity contribution in [2.24, 2.45) is 5.92 Å². The van der Waals surface area contributed by atoms with Gasteiger partial charge in [0.2, 0.25) is 0 Å². The molecule has 0 radical (unpaired) electrons. The van der Waals surface area contributed by atoms with Crippen molar-refractivity contribution in [3.05, 3.63) is 59.7 Å². The molecule has 1 heterocycles. The summed E-state index contributed by atoms with van der Waals surface area (Å²) < 4.78 is 0. The number of hydrogen-bond acceptors (Lipinski definition) is 2. The van der Waals surface area contributed by atoms with E-state index in [1.165, 1.54) is 67.6 Å². The second-order valence-corrected chi connectivity index (χ2v) is 7.74. The molecule has 5 rings (SSSR count). The Morgan fingerprint density at radius 3 is 1.96 bits per heavy atom. The van der Waals surface area contributed by atoms with E-state index in [2.05, 4.69) is 58.7 Å². The number of nitrogens with one attached hydrogen (secondary N) is 1. The van der Waals surface area contributed by atoms with Gasteiger partial charge in [-0.1, -0.05) is 48.5 Å². The van der Waals surface area contributed by atoms with E-state index in [0.717, 1.165) is 12.0 Å². The van der Waals surface area contributed by atoms with Crippen LogP contribution in [0.15, 0.2) is 48.5 Å². The molecule has 2 aromatic carbocycles. The number of likely N-dealkylation sites (tertiary alicyclic amines) is 1. The molecule has 3 aliphatic rings. The summed E-state index contributed by atoms with van der Waals surface area (Å²) in [5, 5.41) is 3.81. The maximum atomic E-state index is 3.81. The van der Waals surface area contributed by atoms with Gasteiger partial charge >= 0.3 is 0 Å². The minimum atomic E-state index is 0.460. The van der Waals surface area contributed by atoms with E-state index < -0.39 is 0 Å². The molecule has 1 saturated carbocycles. The molecule has 1 aliphatic heterocycles. The fourth-order valence-electron chi connectivity index (χ4n) is 4.54. The lowest BCUT2D eigenvalue weighted by Gasteiger charge is -2.37. The quantitative estimate of drug-likeness (QED) is 0.908. The summed E-state index contributed by atoms with van der Waals surface area (Å²) in [6.07, 6.45) is 5.46. The van der Waals surface area contributed by atoms with Crippen LogP contribution in [0.1, 0.15) is 42.9 Å². The molecule has 0 spiro atoms. The predicted octanol–water partition coefficient (Wildman–Crippen LogP) is 4.22. The number of piperidine rings is 1. The first-order chi connectivity index (χ1) is 11.9. The Balaban J connectivity index is 1.35. The monoisotopic (exact) mass is 318 g/mol. The molecule has 0 bridgehead atoms. The molecule has 2 nitrogen and oxygen atoms in total. The molecule has 2 fully saturated rings. The summed E-state index contributed by atoms with van der Waals surface area (Å²) in [4.78, 5) is 2.71. The van der Waals surface area contributed by atoms with Gasteiger partial charge in [0.25, 0.3) is 0 Å². The smallest absolute Gasteiger partial charge is 0.0614 e. The molecule has 2 heteroatoms. The predicted molar refractivity (Wildman–Crippen MR) is 99.0 cm³/mol. The van der Waals surface area contributed by atoms with Gasteiger partial charge in [-0.15, -0.1) is 0 Å². The van der Waals surface area contributed by atoms with Crippen LogP contribution < -0.4 is 5.32 Å². The van der Waals surface area contributed by atoms with Crippen LogP contribution in [0, 0.1) is 5.92 Å². The molecule has 1 saturated heterocycles. The zero-order valence-corrected chi connectivity index (χ0v) is 14.2. The second-order valence-electron chi connectivity index (χ2n) is 7.74. The molecule has 1 N–H and O–H groups in total. The van der Waals surface area contributed by atoms with Gasteiger partial charge in [-0.05, 0) is 60.4 Å². The molecule has 124 valence electrons. The van der Waals surface area contributed by atoms with Gasteiger partial charge in [0.1, 0.15) is 0 Å². The van der Waals surface area contributed by atoms with Crippen LogP contribution >= 0.6 is 0 Å². The van der Waals surface area contributed by atoms with E-state index in [1.54, 1.807) is 0 Å². The van der Waals surface area contributed by atoms with Crippen molar-refractivity contribution >= 4 is 0 Å². The summed E-state index contributed by atoms with van der Waals surface area (Å²) in [6, 6.07) is 19.2. The maximum Gasteiger partial charge on any atom is 0.0614 e. The Morgan fingerprint density at radius 1 is 0.792 bits per heavy atom. The molecule has 2 aromatic rings. The number of hydrogen-bond donors (Lipinski definition) is 1. The highest BCUT2D eigenvalue weighted by molar-refractivity contribution is 5.78. The third-order valence-corrected chi connectivity index (χ3v) is 6.09. The van der Waals surface area contributed by atoms with Gasteiger partial charge in [-0.2, -0.15) is 0 Å². The van der Waals surface area contributed by atoms with Crippen LogP contribution in [0.3, 0.4) is 0 Å². The van der Waals surface area contributed by atoms with Crippen molar-refractivity contribution in [2.75, 3.05) is 19.6 Å². The van der Waals surface area contributed by atoms with Gasteiger partial charge < -0.3 is 5.32 Å². The third kappa shape index (κ3) is 2.58. The number of fused-ring (bicyclic) bond motifs is 3. The Kier molecular flexibility index (Phi) is 3.68. The van der Waals surface area contributed by atoms with Crippen LogP contribution in [0.5, 0.6) is 0 Å². The fourth-order valence-corrected chi connectivity index (χ4v) is 4.54. The first kappa shape index (κ1) is 14.7. The molecule has 24 heavy (non-hydrogen) atoms. The highest BCUT2D eigenvalue weighted by Crippen LogP contribution is 2.46. The fraction of sp³-hybridized carbons (Fsp3) is 0.455. The SMILES string of the molecule is c1ccc2c(c1)-c1ccccc1C2N1CCC(NCC2CC2)CC1. The van der Waals surface area contributed by atoms with E-state index in [-0.39, 0.29) is 0 Å². The van der Waals surface area contributed by atoms with E-state index in [9.17, 15) is 0 Å². The van der Waals surface area contributed by atoms with Gasteiger partial charge in [0, 0.05) is 19.1 Å². The standard InChI is InChI=1S/C22H26N2/c1-3-7-20-18(5-1)19-6-2-4-8-21(19)22(20)24-13-11-17(12-14-24)23-15-16-9-10-16/h1-8,16-17,22-23H,9-15H2. The minimum absolute atomic E-state index is 0.460. The molecule has 0 aromatic heterocycles.